The second-order valence-corrected chi connectivity index (χ2v) is 3.96. The highest BCUT2D eigenvalue weighted by Gasteiger charge is 2.06. The normalized spacial score (nSPS) is 10.7. The Kier molecular flexibility index (Phi) is 4.46. The SMILES string of the molecule is CCNCc1cc(COc2cc(F)cc(F)c2)on1. The van der Waals surface area contributed by atoms with Crippen LogP contribution < -0.4 is 10.1 Å². The van der Waals surface area contributed by atoms with E-state index < -0.39 is 11.6 Å². The topological polar surface area (TPSA) is 47.3 Å². The molecule has 0 unspecified atom stereocenters. The summed E-state index contributed by atoms with van der Waals surface area (Å²) >= 11 is 0. The maximum atomic E-state index is 12.9. The average molecular weight is 268 g/mol. The van der Waals surface area contributed by atoms with Crippen molar-refractivity contribution in [1.82, 2.24) is 10.5 Å². The Labute approximate surface area is 109 Å². The van der Waals surface area contributed by atoms with Gasteiger partial charge >= 0.3 is 0 Å². The third-order valence-corrected chi connectivity index (χ3v) is 2.38. The Morgan fingerprint density at radius 2 is 1.95 bits per heavy atom. The van der Waals surface area contributed by atoms with E-state index in [-0.39, 0.29) is 12.4 Å². The first kappa shape index (κ1) is 13.5. The number of nitrogens with zero attached hydrogens (tertiary/aromatic N) is 1. The van der Waals surface area contributed by atoms with Gasteiger partial charge in [0.15, 0.2) is 5.76 Å². The minimum absolute atomic E-state index is 0.0714. The molecule has 0 saturated carbocycles. The highest BCUT2D eigenvalue weighted by molar-refractivity contribution is 5.24. The number of nitrogens with one attached hydrogen (secondary N) is 1. The molecule has 1 aromatic heterocycles. The third-order valence-electron chi connectivity index (χ3n) is 2.38. The molecule has 0 aliphatic rings. The molecule has 4 nitrogen and oxygen atoms in total. The van der Waals surface area contributed by atoms with Gasteiger partial charge < -0.3 is 14.6 Å². The largest absolute Gasteiger partial charge is 0.485 e. The maximum Gasteiger partial charge on any atom is 0.174 e. The van der Waals surface area contributed by atoms with E-state index in [9.17, 15) is 8.78 Å². The fourth-order valence-corrected chi connectivity index (χ4v) is 1.53. The standard InChI is InChI=1S/C13H14F2N2O2/c1-2-16-7-11-6-13(19-17-11)8-18-12-4-9(14)3-10(15)5-12/h3-6,16H,2,7-8H2,1H3. The van der Waals surface area contributed by atoms with Crippen molar-refractivity contribution in [3.63, 3.8) is 0 Å². The van der Waals surface area contributed by atoms with E-state index in [4.69, 9.17) is 9.26 Å². The molecule has 19 heavy (non-hydrogen) atoms. The molecule has 0 radical (unpaired) electrons. The molecule has 0 spiro atoms. The molecule has 0 aliphatic heterocycles. The van der Waals surface area contributed by atoms with Crippen LogP contribution in [0.3, 0.4) is 0 Å². The molecular formula is C13H14F2N2O2. The maximum absolute atomic E-state index is 12.9. The smallest absolute Gasteiger partial charge is 0.174 e. The predicted molar refractivity (Wildman–Crippen MR) is 64.6 cm³/mol. The zero-order valence-electron chi connectivity index (χ0n) is 10.5. The van der Waals surface area contributed by atoms with E-state index in [0.717, 1.165) is 30.4 Å². The number of benzene rings is 1. The van der Waals surface area contributed by atoms with Crippen molar-refractivity contribution in [3.05, 3.63) is 47.4 Å². The van der Waals surface area contributed by atoms with Crippen molar-refractivity contribution in [1.29, 1.82) is 0 Å². The van der Waals surface area contributed by atoms with Gasteiger partial charge in [-0.3, -0.25) is 0 Å². The summed E-state index contributed by atoms with van der Waals surface area (Å²) in [7, 11) is 0. The van der Waals surface area contributed by atoms with Gasteiger partial charge in [0, 0.05) is 30.8 Å². The minimum atomic E-state index is -0.680. The molecule has 0 amide bonds. The lowest BCUT2D eigenvalue weighted by atomic mass is 10.3. The number of hydrogen-bond acceptors (Lipinski definition) is 4. The van der Waals surface area contributed by atoms with Crippen LogP contribution in [0.15, 0.2) is 28.8 Å². The quantitative estimate of drug-likeness (QED) is 0.875. The molecule has 2 rings (SSSR count). The van der Waals surface area contributed by atoms with Crippen LogP contribution in [0.1, 0.15) is 18.4 Å². The lowest BCUT2D eigenvalue weighted by molar-refractivity contribution is 0.246. The van der Waals surface area contributed by atoms with E-state index in [0.29, 0.717) is 12.3 Å². The fourth-order valence-electron chi connectivity index (χ4n) is 1.53. The fraction of sp³-hybridized carbons (Fsp3) is 0.308. The average Bonchev–Trinajstić information content (AvgIpc) is 2.81. The summed E-state index contributed by atoms with van der Waals surface area (Å²) in [5, 5.41) is 6.94. The number of halogens is 2. The summed E-state index contributed by atoms with van der Waals surface area (Å²) in [5.74, 6) is -0.750. The Morgan fingerprint density at radius 3 is 2.63 bits per heavy atom. The number of rotatable bonds is 6. The number of aromatic nitrogens is 1. The molecule has 1 aromatic carbocycles. The Balaban J connectivity index is 1.92. The molecule has 1 heterocycles. The highest BCUT2D eigenvalue weighted by atomic mass is 19.1. The molecule has 2 aromatic rings. The summed E-state index contributed by atoms with van der Waals surface area (Å²) in [6.07, 6.45) is 0. The third kappa shape index (κ3) is 4.03. The van der Waals surface area contributed by atoms with Crippen LogP contribution in [0, 0.1) is 11.6 Å². The van der Waals surface area contributed by atoms with Crippen molar-refractivity contribution in [2.24, 2.45) is 0 Å². The van der Waals surface area contributed by atoms with E-state index in [2.05, 4.69) is 10.5 Å². The van der Waals surface area contributed by atoms with Crippen LogP contribution in [0.5, 0.6) is 5.75 Å². The molecule has 0 fully saturated rings. The lowest BCUT2D eigenvalue weighted by Crippen LogP contribution is -2.11. The second kappa shape index (κ2) is 6.29. The molecule has 0 saturated heterocycles. The monoisotopic (exact) mass is 268 g/mol. The van der Waals surface area contributed by atoms with Gasteiger partial charge in [0.05, 0.1) is 5.69 Å². The molecule has 0 aliphatic carbocycles. The van der Waals surface area contributed by atoms with Gasteiger partial charge in [-0.05, 0) is 6.54 Å². The summed E-state index contributed by atoms with van der Waals surface area (Å²) in [6, 6.07) is 4.74. The van der Waals surface area contributed by atoms with Crippen molar-refractivity contribution in [2.45, 2.75) is 20.1 Å². The van der Waals surface area contributed by atoms with Crippen molar-refractivity contribution < 1.29 is 18.0 Å². The van der Waals surface area contributed by atoms with E-state index in [1.807, 2.05) is 6.92 Å². The summed E-state index contributed by atoms with van der Waals surface area (Å²) in [4.78, 5) is 0. The zero-order valence-corrected chi connectivity index (χ0v) is 10.5. The Hall–Kier alpha value is -1.95. The molecular weight excluding hydrogens is 254 g/mol. The lowest BCUT2D eigenvalue weighted by Gasteiger charge is -2.03. The van der Waals surface area contributed by atoms with E-state index in [1.54, 1.807) is 6.07 Å². The van der Waals surface area contributed by atoms with Crippen LogP contribution in [0.25, 0.3) is 0 Å². The summed E-state index contributed by atoms with van der Waals surface area (Å²) in [5.41, 5.74) is 0.755. The zero-order chi connectivity index (χ0) is 13.7. The van der Waals surface area contributed by atoms with Gasteiger partial charge in [-0.1, -0.05) is 12.1 Å². The molecule has 0 bridgehead atoms. The van der Waals surface area contributed by atoms with Gasteiger partial charge in [0.2, 0.25) is 0 Å². The molecule has 1 N–H and O–H groups in total. The minimum Gasteiger partial charge on any atom is -0.485 e. The summed E-state index contributed by atoms with van der Waals surface area (Å²) < 4.78 is 36.1. The van der Waals surface area contributed by atoms with Crippen LogP contribution in [-0.2, 0) is 13.2 Å². The summed E-state index contributed by atoms with van der Waals surface area (Å²) in [6.45, 7) is 3.50. The predicted octanol–water partition coefficient (Wildman–Crippen LogP) is 2.64. The van der Waals surface area contributed by atoms with Crippen LogP contribution in [0.2, 0.25) is 0 Å². The molecule has 0 atom stereocenters. The van der Waals surface area contributed by atoms with Gasteiger partial charge in [0.25, 0.3) is 0 Å². The van der Waals surface area contributed by atoms with Crippen molar-refractivity contribution in [2.75, 3.05) is 6.54 Å². The van der Waals surface area contributed by atoms with Crippen LogP contribution in [-0.4, -0.2) is 11.7 Å². The Morgan fingerprint density at radius 1 is 1.21 bits per heavy atom. The first-order valence-electron chi connectivity index (χ1n) is 5.91. The Bertz CT molecular complexity index is 523. The first-order chi connectivity index (χ1) is 9.17. The van der Waals surface area contributed by atoms with Gasteiger partial charge in [-0.25, -0.2) is 8.78 Å². The van der Waals surface area contributed by atoms with E-state index >= 15 is 0 Å². The molecule has 6 heteroatoms. The van der Waals surface area contributed by atoms with Crippen LogP contribution >= 0.6 is 0 Å². The molecule has 102 valence electrons. The van der Waals surface area contributed by atoms with Gasteiger partial charge in [-0.2, -0.15) is 0 Å². The van der Waals surface area contributed by atoms with Crippen molar-refractivity contribution >= 4 is 0 Å². The van der Waals surface area contributed by atoms with E-state index in [1.165, 1.54) is 0 Å². The van der Waals surface area contributed by atoms with Crippen molar-refractivity contribution in [3.8, 4) is 5.75 Å². The second-order valence-electron chi connectivity index (χ2n) is 3.96. The van der Waals surface area contributed by atoms with Gasteiger partial charge in [-0.15, -0.1) is 0 Å². The van der Waals surface area contributed by atoms with Crippen LogP contribution in [0.4, 0.5) is 8.78 Å². The van der Waals surface area contributed by atoms with Gasteiger partial charge in [0.1, 0.15) is 24.0 Å². The highest BCUT2D eigenvalue weighted by Crippen LogP contribution is 2.17. The first-order valence-corrected chi connectivity index (χ1v) is 5.91. The number of hydrogen-bond donors (Lipinski definition) is 1. The number of ether oxygens (including phenoxy) is 1.